The standard InChI is InChI=1S/C20H21N3OS/c1-13-9-11-17(12-10-13)19(24)15(3)25-20-22-21-16(4)23(20)18-8-6-5-7-14(18)2/h5-12,15H,1-4H3. The van der Waals surface area contributed by atoms with E-state index in [0.717, 1.165) is 33.4 Å². The molecule has 1 unspecified atom stereocenters. The molecule has 1 atom stereocenters. The first-order valence-corrected chi connectivity index (χ1v) is 9.11. The van der Waals surface area contributed by atoms with E-state index in [-0.39, 0.29) is 11.0 Å². The van der Waals surface area contributed by atoms with Crippen LogP contribution in [0.15, 0.2) is 53.7 Å². The second-order valence-electron chi connectivity index (χ2n) is 6.14. The van der Waals surface area contributed by atoms with Gasteiger partial charge in [-0.15, -0.1) is 10.2 Å². The minimum Gasteiger partial charge on any atom is -0.293 e. The topological polar surface area (TPSA) is 47.8 Å². The van der Waals surface area contributed by atoms with Crippen molar-refractivity contribution >= 4 is 17.5 Å². The fourth-order valence-corrected chi connectivity index (χ4v) is 3.66. The van der Waals surface area contributed by atoms with Gasteiger partial charge in [-0.3, -0.25) is 9.36 Å². The van der Waals surface area contributed by atoms with Crippen LogP contribution in [0.4, 0.5) is 0 Å². The van der Waals surface area contributed by atoms with Gasteiger partial charge in [0.1, 0.15) is 5.82 Å². The molecule has 0 aliphatic heterocycles. The number of ketones is 1. The molecule has 128 valence electrons. The van der Waals surface area contributed by atoms with E-state index in [9.17, 15) is 4.79 Å². The number of para-hydroxylation sites is 1. The number of hydrogen-bond acceptors (Lipinski definition) is 4. The summed E-state index contributed by atoms with van der Waals surface area (Å²) in [5.74, 6) is 0.911. The van der Waals surface area contributed by atoms with Crippen molar-refractivity contribution < 1.29 is 4.79 Å². The summed E-state index contributed by atoms with van der Waals surface area (Å²) in [4.78, 5) is 12.7. The van der Waals surface area contributed by atoms with Crippen molar-refractivity contribution in [2.45, 2.75) is 38.1 Å². The van der Waals surface area contributed by atoms with Crippen molar-refractivity contribution in [1.82, 2.24) is 14.8 Å². The van der Waals surface area contributed by atoms with Gasteiger partial charge in [-0.2, -0.15) is 0 Å². The van der Waals surface area contributed by atoms with Gasteiger partial charge in [-0.25, -0.2) is 0 Å². The molecule has 5 heteroatoms. The van der Waals surface area contributed by atoms with Crippen LogP contribution in [0.25, 0.3) is 5.69 Å². The van der Waals surface area contributed by atoms with Gasteiger partial charge in [0.2, 0.25) is 0 Å². The summed E-state index contributed by atoms with van der Waals surface area (Å²) >= 11 is 1.44. The van der Waals surface area contributed by atoms with E-state index in [0.29, 0.717) is 0 Å². The highest BCUT2D eigenvalue weighted by Gasteiger charge is 2.21. The van der Waals surface area contributed by atoms with Crippen LogP contribution in [-0.4, -0.2) is 25.8 Å². The minimum atomic E-state index is -0.242. The van der Waals surface area contributed by atoms with E-state index in [1.54, 1.807) is 0 Å². The summed E-state index contributed by atoms with van der Waals surface area (Å²) < 4.78 is 2.01. The second-order valence-corrected chi connectivity index (χ2v) is 7.45. The average molecular weight is 351 g/mol. The molecule has 0 N–H and O–H groups in total. The van der Waals surface area contributed by atoms with Gasteiger partial charge >= 0.3 is 0 Å². The van der Waals surface area contributed by atoms with E-state index in [1.165, 1.54) is 11.8 Å². The highest BCUT2D eigenvalue weighted by atomic mass is 32.2. The van der Waals surface area contributed by atoms with Crippen LogP contribution in [0.3, 0.4) is 0 Å². The SMILES string of the molecule is Cc1ccc(C(=O)C(C)Sc2nnc(C)n2-c2ccccc2C)cc1. The number of carbonyl (C=O) groups is 1. The summed E-state index contributed by atoms with van der Waals surface area (Å²) in [7, 11) is 0. The molecule has 0 bridgehead atoms. The van der Waals surface area contributed by atoms with Crippen molar-refractivity contribution in [3.8, 4) is 5.69 Å². The molecule has 0 fully saturated rings. The Morgan fingerprint density at radius 3 is 2.36 bits per heavy atom. The van der Waals surface area contributed by atoms with Crippen LogP contribution in [-0.2, 0) is 0 Å². The zero-order valence-corrected chi connectivity index (χ0v) is 15.7. The van der Waals surface area contributed by atoms with E-state index in [2.05, 4.69) is 23.2 Å². The number of thioether (sulfide) groups is 1. The van der Waals surface area contributed by atoms with Crippen LogP contribution in [0.2, 0.25) is 0 Å². The van der Waals surface area contributed by atoms with Crippen molar-refractivity contribution in [3.05, 3.63) is 71.0 Å². The van der Waals surface area contributed by atoms with Crippen molar-refractivity contribution in [1.29, 1.82) is 0 Å². The van der Waals surface area contributed by atoms with Gasteiger partial charge in [0.05, 0.1) is 10.9 Å². The van der Waals surface area contributed by atoms with E-state index in [4.69, 9.17) is 0 Å². The summed E-state index contributed by atoms with van der Waals surface area (Å²) in [6.07, 6.45) is 0. The Labute approximate surface area is 152 Å². The number of aryl methyl sites for hydroxylation is 3. The molecule has 0 radical (unpaired) electrons. The first-order valence-electron chi connectivity index (χ1n) is 8.23. The second kappa shape index (κ2) is 7.23. The Morgan fingerprint density at radius 1 is 1.00 bits per heavy atom. The molecule has 0 spiro atoms. The Balaban J connectivity index is 1.88. The molecule has 3 aromatic rings. The van der Waals surface area contributed by atoms with Crippen LogP contribution in [0.5, 0.6) is 0 Å². The number of Topliss-reactive ketones (excluding diaryl/α,β-unsaturated/α-hetero) is 1. The Morgan fingerprint density at radius 2 is 1.68 bits per heavy atom. The molecule has 0 saturated heterocycles. The molecular formula is C20H21N3OS. The fraction of sp³-hybridized carbons (Fsp3) is 0.250. The third-order valence-electron chi connectivity index (χ3n) is 4.14. The van der Waals surface area contributed by atoms with Gasteiger partial charge < -0.3 is 0 Å². The number of aromatic nitrogens is 3. The molecule has 4 nitrogen and oxygen atoms in total. The van der Waals surface area contributed by atoms with Crippen LogP contribution < -0.4 is 0 Å². The van der Waals surface area contributed by atoms with E-state index < -0.39 is 0 Å². The number of benzene rings is 2. The third-order valence-corrected chi connectivity index (χ3v) is 5.18. The van der Waals surface area contributed by atoms with Crippen molar-refractivity contribution in [2.75, 3.05) is 0 Å². The number of rotatable bonds is 5. The average Bonchev–Trinajstić information content (AvgIpc) is 2.96. The molecule has 1 heterocycles. The summed E-state index contributed by atoms with van der Waals surface area (Å²) in [5.41, 5.74) is 4.06. The smallest absolute Gasteiger partial charge is 0.196 e. The van der Waals surface area contributed by atoms with Crippen LogP contribution in [0.1, 0.15) is 34.2 Å². The largest absolute Gasteiger partial charge is 0.293 e. The molecule has 1 aromatic heterocycles. The van der Waals surface area contributed by atoms with Gasteiger partial charge in [0.15, 0.2) is 10.9 Å². The predicted molar refractivity (Wildman–Crippen MR) is 102 cm³/mol. The molecule has 0 aliphatic carbocycles. The van der Waals surface area contributed by atoms with E-state index in [1.807, 2.05) is 67.8 Å². The molecule has 0 aliphatic rings. The van der Waals surface area contributed by atoms with Gasteiger partial charge in [-0.05, 0) is 39.3 Å². The Hall–Kier alpha value is -2.40. The first kappa shape index (κ1) is 17.4. The molecule has 0 amide bonds. The molecule has 0 saturated carbocycles. The first-order chi connectivity index (χ1) is 12.0. The van der Waals surface area contributed by atoms with Gasteiger partial charge in [0, 0.05) is 5.56 Å². The van der Waals surface area contributed by atoms with Crippen molar-refractivity contribution in [3.63, 3.8) is 0 Å². The van der Waals surface area contributed by atoms with Gasteiger partial charge in [0.25, 0.3) is 0 Å². The number of hydrogen-bond donors (Lipinski definition) is 0. The highest BCUT2D eigenvalue weighted by molar-refractivity contribution is 8.00. The Kier molecular flexibility index (Phi) is 5.04. The lowest BCUT2D eigenvalue weighted by molar-refractivity contribution is 0.0994. The van der Waals surface area contributed by atoms with Crippen molar-refractivity contribution in [2.24, 2.45) is 0 Å². The summed E-state index contributed by atoms with van der Waals surface area (Å²) in [6.45, 7) is 7.92. The maximum absolute atomic E-state index is 12.7. The molecule has 3 rings (SSSR count). The third kappa shape index (κ3) is 3.66. The fourth-order valence-electron chi connectivity index (χ4n) is 2.68. The maximum atomic E-state index is 12.7. The normalized spacial score (nSPS) is 12.2. The molecule has 25 heavy (non-hydrogen) atoms. The molecule has 2 aromatic carbocycles. The van der Waals surface area contributed by atoms with Gasteiger partial charge in [-0.1, -0.05) is 59.8 Å². The highest BCUT2D eigenvalue weighted by Crippen LogP contribution is 2.28. The Bertz CT molecular complexity index is 900. The lowest BCUT2D eigenvalue weighted by Crippen LogP contribution is -2.14. The lowest BCUT2D eigenvalue weighted by Gasteiger charge is -2.14. The minimum absolute atomic E-state index is 0.0991. The predicted octanol–water partition coefficient (Wildman–Crippen LogP) is 4.56. The maximum Gasteiger partial charge on any atom is 0.196 e. The van der Waals surface area contributed by atoms with Crippen LogP contribution in [0, 0.1) is 20.8 Å². The summed E-state index contributed by atoms with van der Waals surface area (Å²) in [6, 6.07) is 15.8. The zero-order valence-electron chi connectivity index (χ0n) is 14.9. The quantitative estimate of drug-likeness (QED) is 0.499. The zero-order chi connectivity index (χ0) is 18.0. The number of carbonyl (C=O) groups excluding carboxylic acids is 1. The summed E-state index contributed by atoms with van der Waals surface area (Å²) in [5, 5.41) is 8.99. The molecular weight excluding hydrogens is 330 g/mol. The number of nitrogens with zero attached hydrogens (tertiary/aromatic N) is 3. The van der Waals surface area contributed by atoms with Crippen LogP contribution >= 0.6 is 11.8 Å². The monoisotopic (exact) mass is 351 g/mol. The van der Waals surface area contributed by atoms with E-state index >= 15 is 0 Å². The lowest BCUT2D eigenvalue weighted by atomic mass is 10.1.